The maximum Gasteiger partial charge on any atom is 0.151 e. The highest BCUT2D eigenvalue weighted by Gasteiger charge is 2.26. The van der Waals surface area contributed by atoms with Crippen molar-refractivity contribution >= 4 is 21.4 Å². The lowest BCUT2D eigenvalue weighted by Crippen LogP contribution is -2.15. The van der Waals surface area contributed by atoms with E-state index in [9.17, 15) is 13.5 Å². The van der Waals surface area contributed by atoms with E-state index in [1.165, 1.54) is 17.5 Å². The molecule has 1 heterocycles. The molecular formula is C13H21ClN2O3S. The molecule has 0 saturated heterocycles. The second kappa shape index (κ2) is 6.45. The number of aromatic nitrogens is 2. The van der Waals surface area contributed by atoms with Crippen molar-refractivity contribution in [1.82, 2.24) is 9.78 Å². The third-order valence-corrected chi connectivity index (χ3v) is 6.07. The van der Waals surface area contributed by atoms with Gasteiger partial charge in [-0.1, -0.05) is 31.4 Å². The zero-order chi connectivity index (χ0) is 14.8. The average Bonchev–Trinajstić information content (AvgIpc) is 3.04. The first-order valence-corrected chi connectivity index (χ1v) is 9.24. The number of halogens is 1. The molecule has 1 aliphatic rings. The number of aliphatic hydroxyl groups excluding tert-OH is 1. The molecule has 0 spiro atoms. The third kappa shape index (κ3) is 3.35. The van der Waals surface area contributed by atoms with Crippen LogP contribution in [0.25, 0.3) is 0 Å². The van der Waals surface area contributed by atoms with Crippen LogP contribution < -0.4 is 0 Å². The van der Waals surface area contributed by atoms with Crippen LogP contribution in [0.2, 0.25) is 5.15 Å². The van der Waals surface area contributed by atoms with Crippen molar-refractivity contribution in [2.45, 2.75) is 51.7 Å². The maximum absolute atomic E-state index is 11.6. The van der Waals surface area contributed by atoms with Crippen LogP contribution in [-0.4, -0.2) is 34.8 Å². The van der Waals surface area contributed by atoms with Crippen molar-refractivity contribution in [1.29, 1.82) is 0 Å². The van der Waals surface area contributed by atoms with Gasteiger partial charge in [0.25, 0.3) is 0 Å². The molecule has 0 amide bonds. The first-order valence-electron chi connectivity index (χ1n) is 7.05. The summed E-state index contributed by atoms with van der Waals surface area (Å²) in [5.74, 6) is 0.493. The van der Waals surface area contributed by atoms with E-state index in [0.717, 1.165) is 18.5 Å². The van der Waals surface area contributed by atoms with Crippen molar-refractivity contribution in [2.75, 3.05) is 11.5 Å². The molecule has 1 aromatic heterocycles. The summed E-state index contributed by atoms with van der Waals surface area (Å²) in [6.07, 6.45) is 4.47. The van der Waals surface area contributed by atoms with Gasteiger partial charge < -0.3 is 5.11 Å². The number of nitrogens with zero attached hydrogens (tertiary/aromatic N) is 2. The minimum atomic E-state index is -3.05. The lowest BCUT2D eigenvalue weighted by atomic mass is 10.0. The summed E-state index contributed by atoms with van der Waals surface area (Å²) >= 11 is 6.23. The molecule has 7 heteroatoms. The molecule has 1 saturated carbocycles. The van der Waals surface area contributed by atoms with Gasteiger partial charge in [-0.05, 0) is 12.8 Å². The van der Waals surface area contributed by atoms with Gasteiger partial charge in [0.2, 0.25) is 0 Å². The Bertz CT molecular complexity index is 562. The predicted octanol–water partition coefficient (Wildman–Crippen LogP) is 2.12. The van der Waals surface area contributed by atoms with E-state index in [1.807, 2.05) is 0 Å². The molecule has 0 aromatic carbocycles. The van der Waals surface area contributed by atoms with E-state index < -0.39 is 9.84 Å². The second-order valence-electron chi connectivity index (χ2n) is 5.25. The second-order valence-corrected chi connectivity index (χ2v) is 8.08. The van der Waals surface area contributed by atoms with Gasteiger partial charge in [-0.25, -0.2) is 8.42 Å². The fourth-order valence-corrected chi connectivity index (χ4v) is 3.71. The van der Waals surface area contributed by atoms with E-state index in [1.54, 1.807) is 6.92 Å². The quantitative estimate of drug-likeness (QED) is 0.871. The Morgan fingerprint density at radius 2 is 2.05 bits per heavy atom. The molecule has 5 nitrogen and oxygen atoms in total. The molecule has 0 radical (unpaired) electrons. The van der Waals surface area contributed by atoms with Crippen LogP contribution in [0.3, 0.4) is 0 Å². The molecular weight excluding hydrogens is 300 g/mol. The van der Waals surface area contributed by atoms with E-state index >= 15 is 0 Å². The summed E-state index contributed by atoms with van der Waals surface area (Å²) in [6, 6.07) is 0. The highest BCUT2D eigenvalue weighted by Crippen LogP contribution is 2.37. The number of hydrogen-bond donors (Lipinski definition) is 1. The molecule has 0 atom stereocenters. The molecule has 0 aliphatic heterocycles. The Hall–Kier alpha value is -0.590. The van der Waals surface area contributed by atoms with Crippen molar-refractivity contribution in [3.63, 3.8) is 0 Å². The zero-order valence-corrected chi connectivity index (χ0v) is 13.3. The molecule has 2 rings (SSSR count). The Labute approximate surface area is 124 Å². The van der Waals surface area contributed by atoms with Crippen LogP contribution >= 0.6 is 11.6 Å². The molecule has 0 unspecified atom stereocenters. The fourth-order valence-electron chi connectivity index (χ4n) is 2.69. The van der Waals surface area contributed by atoms with Crippen molar-refractivity contribution in [3.8, 4) is 0 Å². The first-order chi connectivity index (χ1) is 9.48. The average molecular weight is 321 g/mol. The number of aryl methyl sites for hydroxylation is 1. The van der Waals surface area contributed by atoms with Crippen LogP contribution in [0.5, 0.6) is 0 Å². The third-order valence-electron chi connectivity index (χ3n) is 3.97. The topological polar surface area (TPSA) is 72.2 Å². The van der Waals surface area contributed by atoms with Crippen LogP contribution in [0.15, 0.2) is 0 Å². The number of sulfone groups is 1. The monoisotopic (exact) mass is 320 g/mol. The molecule has 114 valence electrons. The molecule has 0 bridgehead atoms. The van der Waals surface area contributed by atoms with Crippen molar-refractivity contribution in [3.05, 3.63) is 16.4 Å². The Kier molecular flexibility index (Phi) is 5.09. The van der Waals surface area contributed by atoms with Crippen LogP contribution in [-0.2, 0) is 23.0 Å². The normalized spacial score (nSPS) is 16.9. The van der Waals surface area contributed by atoms with Gasteiger partial charge >= 0.3 is 0 Å². The number of rotatable bonds is 6. The highest BCUT2D eigenvalue weighted by molar-refractivity contribution is 7.91. The Morgan fingerprint density at radius 1 is 1.40 bits per heavy atom. The first kappa shape index (κ1) is 15.8. The summed E-state index contributed by atoms with van der Waals surface area (Å²) < 4.78 is 24.7. The smallest absolute Gasteiger partial charge is 0.151 e. The SMILES string of the molecule is CCS(=O)(=O)CCn1nc(C2CCCC2)c(CO)c1Cl. The van der Waals surface area contributed by atoms with E-state index in [0.29, 0.717) is 16.6 Å². The molecule has 1 fully saturated rings. The summed E-state index contributed by atoms with van der Waals surface area (Å²) in [5, 5.41) is 14.3. The molecule has 1 aromatic rings. The zero-order valence-electron chi connectivity index (χ0n) is 11.7. The minimum Gasteiger partial charge on any atom is -0.391 e. The predicted molar refractivity (Wildman–Crippen MR) is 78.7 cm³/mol. The lowest BCUT2D eigenvalue weighted by Gasteiger charge is -2.06. The van der Waals surface area contributed by atoms with Gasteiger partial charge in [0.1, 0.15) is 5.15 Å². The van der Waals surface area contributed by atoms with Crippen LogP contribution in [0.1, 0.15) is 49.8 Å². The Morgan fingerprint density at radius 3 is 2.60 bits per heavy atom. The van der Waals surface area contributed by atoms with E-state index in [-0.39, 0.29) is 24.7 Å². The van der Waals surface area contributed by atoms with Gasteiger partial charge in [-0.3, -0.25) is 4.68 Å². The van der Waals surface area contributed by atoms with Crippen LogP contribution in [0.4, 0.5) is 0 Å². The number of aliphatic hydroxyl groups is 1. The molecule has 1 N–H and O–H groups in total. The van der Waals surface area contributed by atoms with Crippen molar-refractivity contribution < 1.29 is 13.5 Å². The summed E-state index contributed by atoms with van der Waals surface area (Å²) in [6.45, 7) is 1.73. The van der Waals surface area contributed by atoms with E-state index in [4.69, 9.17) is 11.6 Å². The van der Waals surface area contributed by atoms with Gasteiger partial charge in [0.05, 0.1) is 24.6 Å². The number of hydrogen-bond acceptors (Lipinski definition) is 4. The standard InChI is InChI=1S/C13H21ClN2O3S/c1-2-20(18,19)8-7-16-13(14)11(9-17)12(15-16)10-5-3-4-6-10/h10,17H,2-9H2,1H3. The fraction of sp³-hybridized carbons (Fsp3) is 0.769. The van der Waals surface area contributed by atoms with Crippen LogP contribution in [0, 0.1) is 0 Å². The summed E-state index contributed by atoms with van der Waals surface area (Å²) in [7, 11) is -3.05. The largest absolute Gasteiger partial charge is 0.391 e. The minimum absolute atomic E-state index is 0.0277. The van der Waals surface area contributed by atoms with Gasteiger partial charge in [-0.15, -0.1) is 0 Å². The van der Waals surface area contributed by atoms with Gasteiger partial charge in [0.15, 0.2) is 9.84 Å². The lowest BCUT2D eigenvalue weighted by molar-refractivity contribution is 0.280. The van der Waals surface area contributed by atoms with E-state index in [2.05, 4.69) is 5.10 Å². The summed E-state index contributed by atoms with van der Waals surface area (Å²) in [5.41, 5.74) is 1.51. The van der Waals surface area contributed by atoms with Gasteiger partial charge in [-0.2, -0.15) is 5.10 Å². The Balaban J connectivity index is 2.21. The molecule has 20 heavy (non-hydrogen) atoms. The maximum atomic E-state index is 11.6. The molecule has 1 aliphatic carbocycles. The van der Waals surface area contributed by atoms with Crippen molar-refractivity contribution in [2.24, 2.45) is 0 Å². The highest BCUT2D eigenvalue weighted by atomic mass is 35.5. The summed E-state index contributed by atoms with van der Waals surface area (Å²) in [4.78, 5) is 0. The van der Waals surface area contributed by atoms with Gasteiger partial charge in [0, 0.05) is 17.2 Å².